The van der Waals surface area contributed by atoms with Gasteiger partial charge in [-0.3, -0.25) is 0 Å². The summed E-state index contributed by atoms with van der Waals surface area (Å²) in [5, 5.41) is 4.95. The molecule has 2 aromatic carbocycles. The summed E-state index contributed by atoms with van der Waals surface area (Å²) in [6.45, 7) is 1.35. The standard InChI is InChI=1S/C19H14ClF3N4O2/c1-11-2-3-13(10-15(11)19(21,22)23)26-18(28)25-12-4-6-14(7-5-12)29-16-8-9-24-17(20)27-16/h2-10H,1H3,(H2,25,26,28). The number of ether oxygens (including phenoxy) is 1. The number of carbonyl (C=O) groups is 1. The van der Waals surface area contributed by atoms with Gasteiger partial charge in [0.1, 0.15) is 5.75 Å². The van der Waals surface area contributed by atoms with Crippen LogP contribution < -0.4 is 15.4 Å². The highest BCUT2D eigenvalue weighted by molar-refractivity contribution is 6.28. The molecule has 0 unspecified atom stereocenters. The van der Waals surface area contributed by atoms with E-state index in [2.05, 4.69) is 20.6 Å². The first-order chi connectivity index (χ1) is 13.7. The molecule has 0 atom stereocenters. The topological polar surface area (TPSA) is 76.1 Å². The Hall–Kier alpha value is -3.33. The number of rotatable bonds is 4. The monoisotopic (exact) mass is 422 g/mol. The maximum absolute atomic E-state index is 13.0. The fourth-order valence-corrected chi connectivity index (χ4v) is 2.54. The van der Waals surface area contributed by atoms with Gasteiger partial charge in [-0.15, -0.1) is 0 Å². The van der Waals surface area contributed by atoms with E-state index in [1.54, 1.807) is 24.3 Å². The zero-order chi connectivity index (χ0) is 21.0. The van der Waals surface area contributed by atoms with E-state index in [4.69, 9.17) is 16.3 Å². The average molecular weight is 423 g/mol. The van der Waals surface area contributed by atoms with E-state index in [1.165, 1.54) is 31.3 Å². The van der Waals surface area contributed by atoms with E-state index < -0.39 is 17.8 Å². The van der Waals surface area contributed by atoms with Crippen LogP contribution in [0.2, 0.25) is 5.28 Å². The fraction of sp³-hybridized carbons (Fsp3) is 0.105. The predicted molar refractivity (Wildman–Crippen MR) is 102 cm³/mol. The Balaban J connectivity index is 1.62. The van der Waals surface area contributed by atoms with Gasteiger partial charge in [-0.05, 0) is 60.5 Å². The van der Waals surface area contributed by atoms with E-state index in [1.807, 2.05) is 0 Å². The zero-order valence-corrected chi connectivity index (χ0v) is 15.7. The number of amides is 2. The molecule has 0 radical (unpaired) electrons. The van der Waals surface area contributed by atoms with Gasteiger partial charge in [-0.1, -0.05) is 6.07 Å². The second-order valence-electron chi connectivity index (χ2n) is 5.90. The molecule has 150 valence electrons. The van der Waals surface area contributed by atoms with Gasteiger partial charge in [-0.25, -0.2) is 9.78 Å². The van der Waals surface area contributed by atoms with Crippen molar-refractivity contribution in [2.24, 2.45) is 0 Å². The highest BCUT2D eigenvalue weighted by Crippen LogP contribution is 2.33. The molecule has 3 rings (SSSR count). The number of anilines is 2. The Kier molecular flexibility index (Phi) is 5.88. The molecule has 1 aromatic heterocycles. The highest BCUT2D eigenvalue weighted by Gasteiger charge is 2.32. The third-order valence-electron chi connectivity index (χ3n) is 3.74. The first-order valence-corrected chi connectivity index (χ1v) is 8.61. The molecule has 0 bridgehead atoms. The van der Waals surface area contributed by atoms with Crippen molar-refractivity contribution < 1.29 is 22.7 Å². The molecule has 0 spiro atoms. The number of halogens is 4. The molecule has 0 aliphatic heterocycles. The van der Waals surface area contributed by atoms with Crippen LogP contribution in [0.1, 0.15) is 11.1 Å². The van der Waals surface area contributed by atoms with E-state index in [9.17, 15) is 18.0 Å². The molecular weight excluding hydrogens is 409 g/mol. The summed E-state index contributed by atoms with van der Waals surface area (Å²) in [5.74, 6) is 0.697. The van der Waals surface area contributed by atoms with Crippen LogP contribution in [-0.4, -0.2) is 16.0 Å². The normalized spacial score (nSPS) is 11.1. The summed E-state index contributed by atoms with van der Waals surface area (Å²) in [7, 11) is 0. The average Bonchev–Trinajstić information content (AvgIpc) is 2.64. The fourth-order valence-electron chi connectivity index (χ4n) is 2.40. The lowest BCUT2D eigenvalue weighted by molar-refractivity contribution is -0.138. The van der Waals surface area contributed by atoms with Gasteiger partial charge in [0.25, 0.3) is 0 Å². The molecule has 3 aromatic rings. The van der Waals surface area contributed by atoms with Gasteiger partial charge in [0.2, 0.25) is 11.2 Å². The second-order valence-corrected chi connectivity index (χ2v) is 6.23. The van der Waals surface area contributed by atoms with E-state index >= 15 is 0 Å². The summed E-state index contributed by atoms with van der Waals surface area (Å²) in [6.07, 6.45) is -3.05. The number of alkyl halides is 3. The van der Waals surface area contributed by atoms with Crippen molar-refractivity contribution in [2.45, 2.75) is 13.1 Å². The van der Waals surface area contributed by atoms with Crippen molar-refractivity contribution in [3.63, 3.8) is 0 Å². The van der Waals surface area contributed by atoms with Crippen LogP contribution in [0.5, 0.6) is 11.6 Å². The third-order valence-corrected chi connectivity index (χ3v) is 3.92. The minimum atomic E-state index is -4.50. The Morgan fingerprint density at radius 2 is 1.69 bits per heavy atom. The quantitative estimate of drug-likeness (QED) is 0.514. The van der Waals surface area contributed by atoms with Gasteiger partial charge < -0.3 is 15.4 Å². The summed E-state index contributed by atoms with van der Waals surface area (Å²) in [5.41, 5.74) is -0.287. The van der Waals surface area contributed by atoms with Gasteiger partial charge in [0, 0.05) is 23.6 Å². The molecule has 2 N–H and O–H groups in total. The van der Waals surface area contributed by atoms with E-state index in [0.29, 0.717) is 11.4 Å². The molecule has 10 heteroatoms. The Morgan fingerprint density at radius 1 is 1.03 bits per heavy atom. The number of benzene rings is 2. The molecule has 6 nitrogen and oxygen atoms in total. The maximum atomic E-state index is 13.0. The molecule has 2 amide bonds. The van der Waals surface area contributed by atoms with Crippen LogP contribution >= 0.6 is 11.6 Å². The molecule has 29 heavy (non-hydrogen) atoms. The highest BCUT2D eigenvalue weighted by atomic mass is 35.5. The van der Waals surface area contributed by atoms with Crippen LogP contribution in [0.4, 0.5) is 29.3 Å². The first-order valence-electron chi connectivity index (χ1n) is 8.23. The lowest BCUT2D eigenvalue weighted by Crippen LogP contribution is -2.20. The number of hydrogen-bond donors (Lipinski definition) is 2. The van der Waals surface area contributed by atoms with Crippen molar-refractivity contribution in [1.29, 1.82) is 0 Å². The van der Waals surface area contributed by atoms with Crippen molar-refractivity contribution in [3.8, 4) is 11.6 Å². The van der Waals surface area contributed by atoms with Gasteiger partial charge >= 0.3 is 12.2 Å². The first kappa shape index (κ1) is 20.4. The predicted octanol–water partition coefficient (Wildman–Crippen LogP) is 5.89. The minimum absolute atomic E-state index is 0.0287. The molecule has 0 fully saturated rings. The SMILES string of the molecule is Cc1ccc(NC(=O)Nc2ccc(Oc3ccnc(Cl)n3)cc2)cc1C(F)(F)F. The minimum Gasteiger partial charge on any atom is -0.439 e. The molecule has 0 saturated heterocycles. The van der Waals surface area contributed by atoms with Crippen molar-refractivity contribution in [3.05, 3.63) is 71.1 Å². The van der Waals surface area contributed by atoms with E-state index in [-0.39, 0.29) is 22.4 Å². The maximum Gasteiger partial charge on any atom is 0.416 e. The number of hydrogen-bond acceptors (Lipinski definition) is 4. The van der Waals surface area contributed by atoms with Gasteiger partial charge in [0.15, 0.2) is 0 Å². The molecule has 0 saturated carbocycles. The van der Waals surface area contributed by atoms with Crippen molar-refractivity contribution >= 4 is 29.0 Å². The third kappa shape index (κ3) is 5.58. The molecule has 0 aliphatic rings. The van der Waals surface area contributed by atoms with Crippen LogP contribution in [0.3, 0.4) is 0 Å². The summed E-state index contributed by atoms with van der Waals surface area (Å²) >= 11 is 5.68. The number of aryl methyl sites for hydroxylation is 1. The van der Waals surface area contributed by atoms with Gasteiger partial charge in [0.05, 0.1) is 5.56 Å². The van der Waals surface area contributed by atoms with Crippen LogP contribution in [0.15, 0.2) is 54.7 Å². The van der Waals surface area contributed by atoms with E-state index in [0.717, 1.165) is 6.07 Å². The summed E-state index contributed by atoms with van der Waals surface area (Å²) in [4.78, 5) is 19.7. The van der Waals surface area contributed by atoms with Crippen LogP contribution in [0, 0.1) is 6.92 Å². The molecular formula is C19H14ClF3N4O2. The summed E-state index contributed by atoms with van der Waals surface area (Å²) in [6, 6.07) is 10.7. The Morgan fingerprint density at radius 3 is 2.34 bits per heavy atom. The number of urea groups is 1. The van der Waals surface area contributed by atoms with Gasteiger partial charge in [-0.2, -0.15) is 18.2 Å². The van der Waals surface area contributed by atoms with Crippen molar-refractivity contribution in [1.82, 2.24) is 9.97 Å². The lowest BCUT2D eigenvalue weighted by atomic mass is 10.1. The number of carbonyl (C=O) groups excluding carboxylic acids is 1. The molecule has 0 aliphatic carbocycles. The van der Waals surface area contributed by atoms with Crippen LogP contribution in [0.25, 0.3) is 0 Å². The van der Waals surface area contributed by atoms with Crippen molar-refractivity contribution in [2.75, 3.05) is 10.6 Å². The Bertz CT molecular complexity index is 1030. The second kappa shape index (κ2) is 8.36. The summed E-state index contributed by atoms with van der Waals surface area (Å²) < 4.78 is 44.4. The number of nitrogens with zero attached hydrogens (tertiary/aromatic N) is 2. The Labute approximate surface area is 168 Å². The number of aromatic nitrogens is 2. The number of nitrogens with one attached hydrogen (secondary N) is 2. The lowest BCUT2D eigenvalue weighted by Gasteiger charge is -2.13. The smallest absolute Gasteiger partial charge is 0.416 e. The zero-order valence-electron chi connectivity index (χ0n) is 14.9. The largest absolute Gasteiger partial charge is 0.439 e. The van der Waals surface area contributed by atoms with Crippen LogP contribution in [-0.2, 0) is 6.18 Å². The molecule has 1 heterocycles.